The highest BCUT2D eigenvalue weighted by Crippen LogP contribution is 2.33. The molecule has 0 amide bonds. The van der Waals surface area contributed by atoms with Crippen LogP contribution in [-0.2, 0) is 9.53 Å². The Kier molecular flexibility index (Phi) is 7.30. The van der Waals surface area contributed by atoms with E-state index in [4.69, 9.17) is 4.74 Å². The van der Waals surface area contributed by atoms with Crippen molar-refractivity contribution in [3.63, 3.8) is 0 Å². The minimum Gasteiger partial charge on any atom is -0.466 e. The molecule has 100 valence electrons. The fraction of sp³-hybridized carbons (Fsp3) is 0.933. The smallest absolute Gasteiger partial charge is 0.305 e. The van der Waals surface area contributed by atoms with Crippen LogP contribution in [0.15, 0.2) is 0 Å². The van der Waals surface area contributed by atoms with E-state index >= 15 is 0 Å². The first kappa shape index (κ1) is 14.5. The topological polar surface area (TPSA) is 26.3 Å². The van der Waals surface area contributed by atoms with E-state index < -0.39 is 0 Å². The molecule has 0 aliphatic heterocycles. The van der Waals surface area contributed by atoms with Crippen LogP contribution in [0.5, 0.6) is 0 Å². The van der Waals surface area contributed by atoms with Crippen molar-refractivity contribution in [2.45, 2.75) is 71.6 Å². The van der Waals surface area contributed by atoms with Crippen molar-refractivity contribution in [1.29, 1.82) is 0 Å². The van der Waals surface area contributed by atoms with Gasteiger partial charge in [0.05, 0.1) is 6.61 Å². The van der Waals surface area contributed by atoms with Crippen LogP contribution >= 0.6 is 0 Å². The van der Waals surface area contributed by atoms with Gasteiger partial charge in [0.25, 0.3) is 0 Å². The molecule has 0 unspecified atom stereocenters. The first-order chi connectivity index (χ1) is 8.26. The SMILES string of the molecule is CCCC1CCC(CCCC(=O)OCC)CC1. The van der Waals surface area contributed by atoms with E-state index in [1.54, 1.807) is 0 Å². The number of hydrogen-bond donors (Lipinski definition) is 0. The van der Waals surface area contributed by atoms with Crippen LogP contribution in [0, 0.1) is 11.8 Å². The van der Waals surface area contributed by atoms with Crippen molar-refractivity contribution >= 4 is 5.97 Å². The molecule has 17 heavy (non-hydrogen) atoms. The zero-order valence-electron chi connectivity index (χ0n) is 11.5. The summed E-state index contributed by atoms with van der Waals surface area (Å²) < 4.78 is 4.94. The first-order valence-electron chi connectivity index (χ1n) is 7.41. The summed E-state index contributed by atoms with van der Waals surface area (Å²) in [4.78, 5) is 11.2. The molecular formula is C15H28O2. The van der Waals surface area contributed by atoms with E-state index in [0.717, 1.165) is 18.3 Å². The normalized spacial score (nSPS) is 24.6. The minimum atomic E-state index is -0.0211. The molecular weight excluding hydrogens is 212 g/mol. The number of carbonyl (C=O) groups excluding carboxylic acids is 1. The molecule has 1 fully saturated rings. The molecule has 0 heterocycles. The molecule has 0 aromatic carbocycles. The third kappa shape index (κ3) is 6.09. The van der Waals surface area contributed by atoms with Gasteiger partial charge >= 0.3 is 5.97 Å². The Balaban J connectivity index is 2.04. The Morgan fingerprint density at radius 1 is 1.06 bits per heavy atom. The molecule has 0 aromatic heterocycles. The molecule has 1 aliphatic rings. The molecule has 2 heteroatoms. The van der Waals surface area contributed by atoms with Gasteiger partial charge in [0, 0.05) is 6.42 Å². The third-order valence-electron chi connectivity index (χ3n) is 3.96. The van der Waals surface area contributed by atoms with Gasteiger partial charge in [-0.1, -0.05) is 45.4 Å². The van der Waals surface area contributed by atoms with Crippen LogP contribution in [0.1, 0.15) is 71.6 Å². The van der Waals surface area contributed by atoms with Gasteiger partial charge in [0.15, 0.2) is 0 Å². The molecule has 0 aromatic rings. The fourth-order valence-corrected chi connectivity index (χ4v) is 2.99. The lowest BCUT2D eigenvalue weighted by molar-refractivity contribution is -0.143. The quantitative estimate of drug-likeness (QED) is 0.619. The highest BCUT2D eigenvalue weighted by atomic mass is 16.5. The average Bonchev–Trinajstić information content (AvgIpc) is 2.32. The molecule has 1 rings (SSSR count). The van der Waals surface area contributed by atoms with Crippen molar-refractivity contribution in [3.05, 3.63) is 0 Å². The Morgan fingerprint density at radius 2 is 1.65 bits per heavy atom. The van der Waals surface area contributed by atoms with Gasteiger partial charge in [-0.2, -0.15) is 0 Å². The number of hydrogen-bond acceptors (Lipinski definition) is 2. The van der Waals surface area contributed by atoms with Crippen molar-refractivity contribution in [2.24, 2.45) is 11.8 Å². The second-order valence-electron chi connectivity index (χ2n) is 5.37. The molecule has 0 saturated heterocycles. The van der Waals surface area contributed by atoms with Crippen LogP contribution in [0.25, 0.3) is 0 Å². The number of ether oxygens (including phenoxy) is 1. The van der Waals surface area contributed by atoms with E-state index in [1.807, 2.05) is 6.92 Å². The van der Waals surface area contributed by atoms with Gasteiger partial charge in [0.1, 0.15) is 0 Å². The van der Waals surface area contributed by atoms with Crippen LogP contribution in [0.4, 0.5) is 0 Å². The maximum atomic E-state index is 11.2. The lowest BCUT2D eigenvalue weighted by Gasteiger charge is -2.28. The van der Waals surface area contributed by atoms with Crippen LogP contribution in [0.2, 0.25) is 0 Å². The van der Waals surface area contributed by atoms with Gasteiger partial charge in [-0.25, -0.2) is 0 Å². The maximum absolute atomic E-state index is 11.2. The van der Waals surface area contributed by atoms with E-state index in [0.29, 0.717) is 13.0 Å². The molecule has 0 radical (unpaired) electrons. The molecule has 0 spiro atoms. The molecule has 1 saturated carbocycles. The predicted molar refractivity (Wildman–Crippen MR) is 70.8 cm³/mol. The lowest BCUT2D eigenvalue weighted by Crippen LogP contribution is -2.15. The highest BCUT2D eigenvalue weighted by Gasteiger charge is 2.20. The molecule has 0 bridgehead atoms. The first-order valence-corrected chi connectivity index (χ1v) is 7.41. The largest absolute Gasteiger partial charge is 0.466 e. The van der Waals surface area contributed by atoms with Crippen molar-refractivity contribution in [3.8, 4) is 0 Å². The molecule has 1 aliphatic carbocycles. The van der Waals surface area contributed by atoms with Crippen LogP contribution in [-0.4, -0.2) is 12.6 Å². The summed E-state index contributed by atoms with van der Waals surface area (Å²) in [5.41, 5.74) is 0. The zero-order valence-corrected chi connectivity index (χ0v) is 11.5. The number of esters is 1. The summed E-state index contributed by atoms with van der Waals surface area (Å²) in [5.74, 6) is 1.84. The Morgan fingerprint density at radius 3 is 2.18 bits per heavy atom. The number of rotatable bonds is 7. The third-order valence-corrected chi connectivity index (χ3v) is 3.96. The summed E-state index contributed by atoms with van der Waals surface area (Å²) in [7, 11) is 0. The second kappa shape index (κ2) is 8.54. The van der Waals surface area contributed by atoms with Gasteiger partial charge < -0.3 is 4.74 Å². The van der Waals surface area contributed by atoms with Crippen LogP contribution in [0.3, 0.4) is 0 Å². The van der Waals surface area contributed by atoms with Gasteiger partial charge in [-0.15, -0.1) is 0 Å². The Bertz CT molecular complexity index is 205. The fourth-order valence-electron chi connectivity index (χ4n) is 2.99. The van der Waals surface area contributed by atoms with Crippen LogP contribution < -0.4 is 0 Å². The van der Waals surface area contributed by atoms with E-state index in [-0.39, 0.29) is 5.97 Å². The Hall–Kier alpha value is -0.530. The van der Waals surface area contributed by atoms with Gasteiger partial charge in [0.2, 0.25) is 0 Å². The van der Waals surface area contributed by atoms with Crippen molar-refractivity contribution in [1.82, 2.24) is 0 Å². The maximum Gasteiger partial charge on any atom is 0.305 e. The standard InChI is InChI=1S/C15H28O2/c1-3-6-13-9-11-14(12-10-13)7-5-8-15(16)17-4-2/h13-14H,3-12H2,1-2H3. The predicted octanol–water partition coefficient (Wildman–Crippen LogP) is 4.33. The average molecular weight is 240 g/mol. The van der Waals surface area contributed by atoms with Gasteiger partial charge in [-0.3, -0.25) is 4.79 Å². The minimum absolute atomic E-state index is 0.0211. The molecule has 2 nitrogen and oxygen atoms in total. The summed E-state index contributed by atoms with van der Waals surface area (Å²) in [6, 6.07) is 0. The van der Waals surface area contributed by atoms with Crippen molar-refractivity contribution in [2.75, 3.05) is 6.61 Å². The zero-order chi connectivity index (χ0) is 12.5. The second-order valence-corrected chi connectivity index (χ2v) is 5.37. The van der Waals surface area contributed by atoms with E-state index in [1.165, 1.54) is 44.9 Å². The summed E-state index contributed by atoms with van der Waals surface area (Å²) >= 11 is 0. The molecule has 0 atom stereocenters. The van der Waals surface area contributed by atoms with Crippen molar-refractivity contribution < 1.29 is 9.53 Å². The van der Waals surface area contributed by atoms with E-state index in [2.05, 4.69) is 6.92 Å². The highest BCUT2D eigenvalue weighted by molar-refractivity contribution is 5.69. The van der Waals surface area contributed by atoms with E-state index in [9.17, 15) is 4.79 Å². The summed E-state index contributed by atoms with van der Waals surface area (Å²) in [6.45, 7) is 4.67. The number of carbonyl (C=O) groups is 1. The molecule has 0 N–H and O–H groups in total. The summed E-state index contributed by atoms with van der Waals surface area (Å²) in [6.07, 6.45) is 11.2. The summed E-state index contributed by atoms with van der Waals surface area (Å²) in [5, 5.41) is 0. The monoisotopic (exact) mass is 240 g/mol. The lowest BCUT2D eigenvalue weighted by atomic mass is 9.78. The van der Waals surface area contributed by atoms with Gasteiger partial charge in [-0.05, 0) is 31.6 Å². The Labute approximate surface area is 106 Å².